The summed E-state index contributed by atoms with van der Waals surface area (Å²) in [6.07, 6.45) is 1.50. The highest BCUT2D eigenvalue weighted by Gasteiger charge is 2.11. The Kier molecular flexibility index (Phi) is 3.46. The minimum atomic E-state index is -1.20. The summed E-state index contributed by atoms with van der Waals surface area (Å²) < 4.78 is 2.69. The molecule has 1 aromatic carbocycles. The normalized spacial score (nSPS) is 10.5. The van der Waals surface area contributed by atoms with Crippen molar-refractivity contribution in [2.75, 3.05) is 0 Å². The van der Waals surface area contributed by atoms with Crippen LogP contribution in [0.25, 0.3) is 11.3 Å². The summed E-state index contributed by atoms with van der Waals surface area (Å²) in [5, 5.41) is 15.3. The van der Waals surface area contributed by atoms with E-state index in [1.807, 2.05) is 31.2 Å². The van der Waals surface area contributed by atoms with Gasteiger partial charge in [0.05, 0.1) is 5.97 Å². The summed E-state index contributed by atoms with van der Waals surface area (Å²) in [4.78, 5) is 11.0. The molecule has 0 amide bonds. The van der Waals surface area contributed by atoms with Crippen LogP contribution in [0.15, 0.2) is 30.5 Å². The molecular formula is C12H10IN2O2-. The van der Waals surface area contributed by atoms with E-state index in [1.165, 1.54) is 6.20 Å². The second-order valence-corrected chi connectivity index (χ2v) is 4.79. The van der Waals surface area contributed by atoms with Gasteiger partial charge >= 0.3 is 0 Å². The number of rotatable bonds is 3. The molecule has 0 aliphatic heterocycles. The Morgan fingerprint density at radius 1 is 1.41 bits per heavy atom. The van der Waals surface area contributed by atoms with Crippen molar-refractivity contribution in [1.82, 2.24) is 9.78 Å². The molecule has 0 aliphatic carbocycles. The molecule has 0 atom stereocenters. The van der Waals surface area contributed by atoms with Crippen LogP contribution in [0.4, 0.5) is 0 Å². The second kappa shape index (κ2) is 4.87. The fourth-order valence-electron chi connectivity index (χ4n) is 1.55. The molecule has 88 valence electrons. The van der Waals surface area contributed by atoms with E-state index in [2.05, 4.69) is 27.7 Å². The molecule has 0 saturated carbocycles. The van der Waals surface area contributed by atoms with Gasteiger partial charge in [-0.3, -0.25) is 4.68 Å². The number of aromatic carboxylic acids is 1. The Bertz CT molecular complexity index is 546. The third-order valence-electron chi connectivity index (χ3n) is 2.42. The number of carboxylic acids is 1. The van der Waals surface area contributed by atoms with E-state index >= 15 is 0 Å². The molecule has 0 spiro atoms. The van der Waals surface area contributed by atoms with E-state index in [4.69, 9.17) is 0 Å². The van der Waals surface area contributed by atoms with E-state index in [0.29, 0.717) is 12.2 Å². The van der Waals surface area contributed by atoms with Gasteiger partial charge < -0.3 is 9.90 Å². The van der Waals surface area contributed by atoms with Gasteiger partial charge in [-0.25, -0.2) is 0 Å². The van der Waals surface area contributed by atoms with Gasteiger partial charge in [-0.1, -0.05) is 12.1 Å². The van der Waals surface area contributed by atoms with Crippen molar-refractivity contribution in [3.63, 3.8) is 0 Å². The number of carbonyl (C=O) groups excluding carboxylic acids is 1. The van der Waals surface area contributed by atoms with Gasteiger partial charge in [0.1, 0.15) is 5.69 Å². The van der Waals surface area contributed by atoms with Crippen molar-refractivity contribution in [3.8, 4) is 11.3 Å². The maximum absolute atomic E-state index is 11.0. The van der Waals surface area contributed by atoms with Crippen molar-refractivity contribution < 1.29 is 9.90 Å². The lowest BCUT2D eigenvalue weighted by molar-refractivity contribution is -0.254. The lowest BCUT2D eigenvalue weighted by Gasteiger charge is -2.02. The molecule has 17 heavy (non-hydrogen) atoms. The highest BCUT2D eigenvalue weighted by molar-refractivity contribution is 14.1. The first kappa shape index (κ1) is 12.1. The van der Waals surface area contributed by atoms with Crippen molar-refractivity contribution >= 4 is 28.6 Å². The first-order chi connectivity index (χ1) is 8.11. The maximum atomic E-state index is 11.0. The summed E-state index contributed by atoms with van der Waals surface area (Å²) in [6.45, 7) is 2.54. The Morgan fingerprint density at radius 2 is 2.06 bits per heavy atom. The molecule has 0 saturated heterocycles. The summed E-state index contributed by atoms with van der Waals surface area (Å²) >= 11 is 2.20. The first-order valence-corrected chi connectivity index (χ1v) is 6.24. The van der Waals surface area contributed by atoms with E-state index < -0.39 is 5.97 Å². The van der Waals surface area contributed by atoms with Gasteiger partial charge in [0, 0.05) is 27.4 Å². The molecular weight excluding hydrogens is 331 g/mol. The van der Waals surface area contributed by atoms with Crippen molar-refractivity contribution in [1.29, 1.82) is 0 Å². The third-order valence-corrected chi connectivity index (χ3v) is 3.14. The van der Waals surface area contributed by atoms with Crippen molar-refractivity contribution in [3.05, 3.63) is 39.6 Å². The number of hydrogen-bond acceptors (Lipinski definition) is 3. The van der Waals surface area contributed by atoms with Crippen LogP contribution < -0.4 is 5.11 Å². The first-order valence-electron chi connectivity index (χ1n) is 5.16. The number of carbonyl (C=O) groups is 1. The van der Waals surface area contributed by atoms with Crippen LogP contribution >= 0.6 is 22.6 Å². The van der Waals surface area contributed by atoms with Gasteiger partial charge in [-0.2, -0.15) is 5.10 Å². The number of carboxylic acid groups (broad SMARTS) is 1. The van der Waals surface area contributed by atoms with Crippen molar-refractivity contribution in [2.45, 2.75) is 13.5 Å². The molecule has 0 aliphatic rings. The Balaban J connectivity index is 2.53. The van der Waals surface area contributed by atoms with Gasteiger partial charge in [-0.15, -0.1) is 0 Å². The monoisotopic (exact) mass is 341 g/mol. The van der Waals surface area contributed by atoms with Gasteiger partial charge in [0.2, 0.25) is 0 Å². The number of aromatic nitrogens is 2. The maximum Gasteiger partial charge on any atom is 0.101 e. The summed E-state index contributed by atoms with van der Waals surface area (Å²) in [5.74, 6) is -1.20. The molecule has 1 heterocycles. The molecule has 5 heteroatoms. The highest BCUT2D eigenvalue weighted by atomic mass is 127. The van der Waals surface area contributed by atoms with E-state index in [9.17, 15) is 9.90 Å². The molecule has 0 bridgehead atoms. The third kappa shape index (κ3) is 2.49. The van der Waals surface area contributed by atoms with Crippen LogP contribution in [0.1, 0.15) is 17.3 Å². The summed E-state index contributed by atoms with van der Waals surface area (Å²) in [5.41, 5.74) is 1.38. The zero-order valence-corrected chi connectivity index (χ0v) is 11.3. The van der Waals surface area contributed by atoms with Gasteiger partial charge in [0.15, 0.2) is 0 Å². The van der Waals surface area contributed by atoms with E-state index in [1.54, 1.807) is 4.68 Å². The minimum Gasteiger partial charge on any atom is -0.545 e. The predicted octanol–water partition coefficient (Wildman–Crippen LogP) is 1.54. The zero-order chi connectivity index (χ0) is 12.4. The fraction of sp³-hybridized carbons (Fsp3) is 0.167. The smallest absolute Gasteiger partial charge is 0.101 e. The average molecular weight is 341 g/mol. The number of halogens is 1. The van der Waals surface area contributed by atoms with E-state index in [0.717, 1.165) is 9.13 Å². The van der Waals surface area contributed by atoms with Crippen LogP contribution in [0.2, 0.25) is 0 Å². The lowest BCUT2D eigenvalue weighted by Crippen LogP contribution is -2.22. The van der Waals surface area contributed by atoms with Gasteiger partial charge in [-0.05, 0) is 41.6 Å². The van der Waals surface area contributed by atoms with Crippen LogP contribution in [0.5, 0.6) is 0 Å². The van der Waals surface area contributed by atoms with Gasteiger partial charge in [0.25, 0.3) is 0 Å². The minimum absolute atomic E-state index is 0.132. The molecule has 4 nitrogen and oxygen atoms in total. The molecule has 2 aromatic rings. The predicted molar refractivity (Wildman–Crippen MR) is 70.4 cm³/mol. The molecule has 0 fully saturated rings. The standard InChI is InChI=1S/C12H11IN2O2/c1-2-15-7-10(12(16)17)11(14-15)8-3-5-9(13)6-4-8/h3-7H,2H2,1H3,(H,16,17)/p-1. The number of nitrogens with zero attached hydrogens (tertiary/aromatic N) is 2. The molecule has 1 aromatic heterocycles. The second-order valence-electron chi connectivity index (χ2n) is 3.54. The largest absolute Gasteiger partial charge is 0.545 e. The molecule has 0 unspecified atom stereocenters. The number of benzene rings is 1. The van der Waals surface area contributed by atoms with Crippen molar-refractivity contribution in [2.24, 2.45) is 0 Å². The van der Waals surface area contributed by atoms with Crippen LogP contribution in [-0.2, 0) is 6.54 Å². The van der Waals surface area contributed by atoms with Crippen LogP contribution in [0.3, 0.4) is 0 Å². The van der Waals surface area contributed by atoms with E-state index in [-0.39, 0.29) is 5.56 Å². The number of hydrogen-bond donors (Lipinski definition) is 0. The SMILES string of the molecule is CCn1cc(C(=O)[O-])c(-c2ccc(I)cc2)n1. The Morgan fingerprint density at radius 3 is 2.59 bits per heavy atom. The summed E-state index contributed by atoms with van der Waals surface area (Å²) in [6, 6.07) is 7.55. The molecule has 0 N–H and O–H groups in total. The zero-order valence-electron chi connectivity index (χ0n) is 9.18. The molecule has 2 rings (SSSR count). The Labute approximate surface area is 112 Å². The lowest BCUT2D eigenvalue weighted by atomic mass is 10.1. The number of aryl methyl sites for hydroxylation is 1. The fourth-order valence-corrected chi connectivity index (χ4v) is 1.91. The van der Waals surface area contributed by atoms with Crippen LogP contribution in [0, 0.1) is 3.57 Å². The Hall–Kier alpha value is -1.37. The topological polar surface area (TPSA) is 58.0 Å². The molecule has 0 radical (unpaired) electrons. The summed E-state index contributed by atoms with van der Waals surface area (Å²) in [7, 11) is 0. The average Bonchev–Trinajstić information content (AvgIpc) is 2.74. The quantitative estimate of drug-likeness (QED) is 0.796. The van der Waals surface area contributed by atoms with Crippen LogP contribution in [-0.4, -0.2) is 15.7 Å². The highest BCUT2D eigenvalue weighted by Crippen LogP contribution is 2.22.